The molecule has 0 amide bonds. The van der Waals surface area contributed by atoms with E-state index in [0.717, 1.165) is 38.8 Å². The maximum absolute atomic E-state index is 11.3. The molecule has 36 heavy (non-hydrogen) atoms. The molecule has 8 heteroatoms. The van der Waals surface area contributed by atoms with Crippen molar-refractivity contribution in [3.8, 4) is 0 Å². The average Bonchev–Trinajstić information content (AvgIpc) is 2.96. The molecule has 0 aromatic heterocycles. The van der Waals surface area contributed by atoms with Crippen molar-refractivity contribution in [2.45, 2.75) is 50.0 Å². The quantitative estimate of drug-likeness (QED) is 0.581. The summed E-state index contributed by atoms with van der Waals surface area (Å²) < 4.78 is 20.2. The van der Waals surface area contributed by atoms with Gasteiger partial charge >= 0.3 is 11.9 Å². The van der Waals surface area contributed by atoms with Crippen molar-refractivity contribution >= 4 is 11.9 Å². The van der Waals surface area contributed by atoms with Crippen LogP contribution in [0.4, 0.5) is 0 Å². The average molecular weight is 499 g/mol. The number of carbonyl (C=O) groups is 2. The van der Waals surface area contributed by atoms with Crippen molar-refractivity contribution < 1.29 is 28.5 Å². The molecule has 2 N–H and O–H groups in total. The van der Waals surface area contributed by atoms with Crippen LogP contribution < -0.4 is 10.6 Å². The molecular formula is C28H38N2O6. The predicted molar refractivity (Wildman–Crippen MR) is 137 cm³/mol. The molecule has 0 saturated carbocycles. The number of benzene rings is 2. The Kier molecular flexibility index (Phi) is 10.9. The third kappa shape index (κ3) is 7.61. The highest BCUT2D eigenvalue weighted by atomic mass is 16.5. The van der Waals surface area contributed by atoms with Gasteiger partial charge in [-0.2, -0.15) is 0 Å². The highest BCUT2D eigenvalue weighted by Crippen LogP contribution is 2.26. The monoisotopic (exact) mass is 498 g/mol. The van der Waals surface area contributed by atoms with E-state index in [2.05, 4.69) is 20.1 Å². The molecule has 2 aliphatic heterocycles. The van der Waals surface area contributed by atoms with Gasteiger partial charge in [-0.1, -0.05) is 24.3 Å². The van der Waals surface area contributed by atoms with Crippen LogP contribution in [0.5, 0.6) is 0 Å². The molecule has 0 bridgehead atoms. The molecule has 4 rings (SSSR count). The van der Waals surface area contributed by atoms with Gasteiger partial charge in [0.1, 0.15) is 0 Å². The highest BCUT2D eigenvalue weighted by Gasteiger charge is 2.23. The molecule has 2 aromatic rings. The molecule has 2 heterocycles. The first-order valence-corrected chi connectivity index (χ1v) is 12.4. The SMILES string of the molecule is COC(=O)c1ccc([C@@H]2C[C@@H](OC)CCN2)cc1.COC(=O)c1ccc([C@H]2C[C@H](OC)CCN2)cc1. The molecule has 0 spiro atoms. The lowest BCUT2D eigenvalue weighted by Gasteiger charge is -2.29. The molecule has 2 aliphatic rings. The minimum atomic E-state index is -0.298. The van der Waals surface area contributed by atoms with Gasteiger partial charge in [-0.05, 0) is 74.2 Å². The van der Waals surface area contributed by atoms with E-state index in [0.29, 0.717) is 35.4 Å². The lowest BCUT2D eigenvalue weighted by atomic mass is 9.95. The summed E-state index contributed by atoms with van der Waals surface area (Å²) >= 11 is 0. The van der Waals surface area contributed by atoms with Crippen LogP contribution in [-0.4, -0.2) is 65.7 Å². The number of hydrogen-bond donors (Lipinski definition) is 2. The van der Waals surface area contributed by atoms with Gasteiger partial charge in [0.05, 0.1) is 37.6 Å². The Bertz CT molecular complexity index is 884. The Hall–Kier alpha value is -2.78. The minimum absolute atomic E-state index is 0.298. The molecular weight excluding hydrogens is 460 g/mol. The van der Waals surface area contributed by atoms with Gasteiger partial charge in [0.2, 0.25) is 0 Å². The van der Waals surface area contributed by atoms with Crippen molar-refractivity contribution in [1.29, 1.82) is 0 Å². The third-order valence-electron chi connectivity index (χ3n) is 6.85. The molecule has 2 aromatic carbocycles. The lowest BCUT2D eigenvalue weighted by Crippen LogP contribution is -2.35. The standard InChI is InChI=1S/2C14H19NO3/c2*1-17-12-7-8-15-13(9-12)10-3-5-11(6-4-10)14(16)18-2/h2*3-6,12-13,15H,7-9H2,1-2H3/t2*12-,13-/m10/s1. The first-order valence-electron chi connectivity index (χ1n) is 12.4. The van der Waals surface area contributed by atoms with E-state index in [1.807, 2.05) is 24.3 Å². The van der Waals surface area contributed by atoms with E-state index in [1.54, 1.807) is 38.5 Å². The van der Waals surface area contributed by atoms with Gasteiger partial charge in [0.15, 0.2) is 0 Å². The van der Waals surface area contributed by atoms with E-state index in [-0.39, 0.29) is 11.9 Å². The smallest absolute Gasteiger partial charge is 0.337 e. The minimum Gasteiger partial charge on any atom is -0.465 e. The fraction of sp³-hybridized carbons (Fsp3) is 0.500. The fourth-order valence-electron chi connectivity index (χ4n) is 4.64. The predicted octanol–water partition coefficient (Wildman–Crippen LogP) is 3.83. The summed E-state index contributed by atoms with van der Waals surface area (Å²) in [5, 5.41) is 6.93. The molecule has 0 unspecified atom stereocenters. The first kappa shape index (κ1) is 27.8. The lowest BCUT2D eigenvalue weighted by molar-refractivity contribution is 0.0591. The van der Waals surface area contributed by atoms with Crippen molar-refractivity contribution in [2.24, 2.45) is 0 Å². The van der Waals surface area contributed by atoms with Crippen LogP contribution >= 0.6 is 0 Å². The fourth-order valence-corrected chi connectivity index (χ4v) is 4.64. The Labute approximate surface area is 213 Å². The Morgan fingerprint density at radius 3 is 1.31 bits per heavy atom. The number of hydrogen-bond acceptors (Lipinski definition) is 8. The zero-order valence-electron chi connectivity index (χ0n) is 21.6. The van der Waals surface area contributed by atoms with Crippen LogP contribution in [0.25, 0.3) is 0 Å². The number of piperidine rings is 2. The molecule has 2 fully saturated rings. The van der Waals surface area contributed by atoms with Crippen LogP contribution in [0.15, 0.2) is 48.5 Å². The second-order valence-electron chi connectivity index (χ2n) is 9.00. The summed E-state index contributed by atoms with van der Waals surface area (Å²) in [6.07, 6.45) is 4.66. The summed E-state index contributed by atoms with van der Waals surface area (Å²) in [6.45, 7) is 1.92. The van der Waals surface area contributed by atoms with E-state index in [1.165, 1.54) is 25.3 Å². The third-order valence-corrected chi connectivity index (χ3v) is 6.85. The van der Waals surface area contributed by atoms with E-state index in [9.17, 15) is 9.59 Å². The van der Waals surface area contributed by atoms with E-state index >= 15 is 0 Å². The van der Waals surface area contributed by atoms with Gasteiger partial charge in [-0.25, -0.2) is 9.59 Å². The van der Waals surface area contributed by atoms with E-state index < -0.39 is 0 Å². The van der Waals surface area contributed by atoms with Gasteiger partial charge in [-0.3, -0.25) is 0 Å². The molecule has 4 atom stereocenters. The normalized spacial score (nSPS) is 23.7. The second kappa shape index (κ2) is 14.1. The van der Waals surface area contributed by atoms with E-state index in [4.69, 9.17) is 9.47 Å². The van der Waals surface area contributed by atoms with Crippen molar-refractivity contribution in [1.82, 2.24) is 10.6 Å². The maximum Gasteiger partial charge on any atom is 0.337 e. The van der Waals surface area contributed by atoms with Crippen LogP contribution in [0.2, 0.25) is 0 Å². The van der Waals surface area contributed by atoms with Crippen LogP contribution in [-0.2, 0) is 18.9 Å². The summed E-state index contributed by atoms with van der Waals surface area (Å²) in [7, 11) is 6.30. The first-order chi connectivity index (χ1) is 17.5. The Morgan fingerprint density at radius 1 is 0.639 bits per heavy atom. The highest BCUT2D eigenvalue weighted by molar-refractivity contribution is 5.89. The van der Waals surface area contributed by atoms with Gasteiger partial charge in [0.25, 0.3) is 0 Å². The topological polar surface area (TPSA) is 95.1 Å². The summed E-state index contributed by atoms with van der Waals surface area (Å²) in [5.41, 5.74) is 3.54. The van der Waals surface area contributed by atoms with Gasteiger partial charge < -0.3 is 29.6 Å². The Balaban J connectivity index is 0.000000201. The number of nitrogens with one attached hydrogen (secondary N) is 2. The van der Waals surface area contributed by atoms with Crippen molar-refractivity contribution in [2.75, 3.05) is 41.5 Å². The molecule has 2 saturated heterocycles. The number of rotatable bonds is 6. The number of ether oxygens (including phenoxy) is 4. The van der Waals surface area contributed by atoms with Crippen molar-refractivity contribution in [3.63, 3.8) is 0 Å². The van der Waals surface area contributed by atoms with Crippen LogP contribution in [0.1, 0.15) is 69.6 Å². The maximum atomic E-state index is 11.3. The van der Waals surface area contributed by atoms with Gasteiger partial charge in [0, 0.05) is 26.3 Å². The summed E-state index contributed by atoms with van der Waals surface area (Å²) in [5.74, 6) is -0.596. The van der Waals surface area contributed by atoms with Crippen LogP contribution in [0, 0.1) is 0 Å². The van der Waals surface area contributed by atoms with Crippen LogP contribution in [0.3, 0.4) is 0 Å². The summed E-state index contributed by atoms with van der Waals surface area (Å²) in [6, 6.07) is 15.7. The molecule has 8 nitrogen and oxygen atoms in total. The largest absolute Gasteiger partial charge is 0.465 e. The number of carbonyl (C=O) groups excluding carboxylic acids is 2. The molecule has 0 aliphatic carbocycles. The Morgan fingerprint density at radius 2 is 1.00 bits per heavy atom. The van der Waals surface area contributed by atoms with Crippen molar-refractivity contribution in [3.05, 3.63) is 70.8 Å². The zero-order chi connectivity index (χ0) is 25.9. The molecule has 0 radical (unpaired) electrons. The summed E-state index contributed by atoms with van der Waals surface area (Å²) in [4.78, 5) is 22.7. The number of methoxy groups -OCH3 is 4. The second-order valence-corrected chi connectivity index (χ2v) is 9.00. The zero-order valence-corrected chi connectivity index (χ0v) is 21.6. The number of esters is 2. The van der Waals surface area contributed by atoms with Gasteiger partial charge in [-0.15, -0.1) is 0 Å². The molecule has 196 valence electrons.